The second-order valence-electron chi connectivity index (χ2n) is 11.7. The first-order valence-electron chi connectivity index (χ1n) is 15.7. The Bertz CT molecular complexity index is 2360. The van der Waals surface area contributed by atoms with Crippen LogP contribution in [0.4, 0.5) is 17.1 Å². The van der Waals surface area contributed by atoms with Crippen molar-refractivity contribution in [1.82, 2.24) is 19.9 Å². The second kappa shape index (κ2) is 12.1. The minimum atomic E-state index is -0.463. The maximum absolute atomic E-state index is 13.6. The molecule has 9 nitrogen and oxygen atoms in total. The van der Waals surface area contributed by atoms with E-state index in [4.69, 9.17) is 9.97 Å². The highest BCUT2D eigenvalue weighted by Gasteiger charge is 2.25. The van der Waals surface area contributed by atoms with Crippen LogP contribution in [0.15, 0.2) is 115 Å². The molecule has 3 aromatic heterocycles. The SMILES string of the molecule is CC(=O)N(c1ccc([N+](=O)[O-])cc1)c1c2nc(c(-c3ccccc3)c3ccc(cc4ccc([nH]4)c(-c4ccccc4)c4nc1C=C4)[nH]3)C=C2. The first-order valence-corrected chi connectivity index (χ1v) is 15.7. The van der Waals surface area contributed by atoms with E-state index in [9.17, 15) is 14.9 Å². The summed E-state index contributed by atoms with van der Waals surface area (Å²) in [6, 6.07) is 36.2. The molecule has 2 N–H and O–H groups in total. The first kappa shape index (κ1) is 29.5. The normalized spacial score (nSPS) is 11.9. The van der Waals surface area contributed by atoms with Crippen molar-refractivity contribution in [3.05, 3.63) is 148 Å². The molecule has 0 radical (unpaired) electrons. The van der Waals surface area contributed by atoms with Crippen molar-refractivity contribution >= 4 is 69.3 Å². The van der Waals surface area contributed by atoms with Crippen molar-refractivity contribution in [2.75, 3.05) is 4.90 Å². The summed E-state index contributed by atoms with van der Waals surface area (Å²) in [5.41, 5.74) is 10.6. The van der Waals surface area contributed by atoms with Gasteiger partial charge < -0.3 is 9.97 Å². The number of hydrogen-bond donors (Lipinski definition) is 2. The molecule has 0 saturated heterocycles. The van der Waals surface area contributed by atoms with Crippen LogP contribution in [-0.2, 0) is 4.79 Å². The number of H-pyrrole nitrogens is 2. The number of anilines is 2. The number of non-ortho nitro benzene ring substituents is 1. The number of rotatable bonds is 5. The number of amides is 1. The van der Waals surface area contributed by atoms with Gasteiger partial charge in [0, 0.05) is 57.9 Å². The number of aromatic nitrogens is 4. The van der Waals surface area contributed by atoms with Crippen LogP contribution in [0, 0.1) is 10.1 Å². The van der Waals surface area contributed by atoms with Crippen LogP contribution in [0.25, 0.3) is 68.6 Å². The molecule has 8 rings (SSSR count). The standard InChI is InChI=1S/C40H28N6O3/c1-25(47)45(30-14-16-31(17-15-30)46(48)49)40-36-22-20-34(43-36)38(26-8-4-2-5-9-26)32-18-12-28(41-32)24-29-13-19-33(42-29)39(27-10-6-3-7-11-27)35-21-23-37(40)44-35/h2-24,41-42H,1H3. The molecular formula is C40H28N6O3. The number of fused-ring (bicyclic) bond motifs is 8. The van der Waals surface area contributed by atoms with Gasteiger partial charge in [0.15, 0.2) is 0 Å². The lowest BCUT2D eigenvalue weighted by Gasteiger charge is -2.22. The van der Waals surface area contributed by atoms with Gasteiger partial charge in [0.05, 0.1) is 27.7 Å². The molecule has 0 atom stereocenters. The van der Waals surface area contributed by atoms with E-state index in [0.29, 0.717) is 34.2 Å². The van der Waals surface area contributed by atoms with Gasteiger partial charge in [-0.25, -0.2) is 9.97 Å². The largest absolute Gasteiger partial charge is 0.355 e. The summed E-state index contributed by atoms with van der Waals surface area (Å²) in [6.07, 6.45) is 7.65. The summed E-state index contributed by atoms with van der Waals surface area (Å²) in [5, 5.41) is 11.5. The van der Waals surface area contributed by atoms with Gasteiger partial charge in [-0.2, -0.15) is 0 Å². The molecule has 2 aliphatic heterocycles. The van der Waals surface area contributed by atoms with Gasteiger partial charge in [0.1, 0.15) is 5.69 Å². The Morgan fingerprint density at radius 1 is 0.633 bits per heavy atom. The fraction of sp³-hybridized carbons (Fsp3) is 0.0250. The molecule has 2 aliphatic rings. The molecule has 9 heteroatoms. The Kier molecular flexibility index (Phi) is 7.26. The number of benzene rings is 3. The molecule has 1 amide bonds. The third kappa shape index (κ3) is 5.49. The van der Waals surface area contributed by atoms with Crippen molar-refractivity contribution in [2.45, 2.75) is 6.92 Å². The molecule has 0 fully saturated rings. The van der Waals surface area contributed by atoms with Crippen LogP contribution < -0.4 is 4.90 Å². The fourth-order valence-electron chi connectivity index (χ4n) is 6.36. The van der Waals surface area contributed by atoms with E-state index in [1.807, 2.05) is 109 Å². The highest BCUT2D eigenvalue weighted by Crippen LogP contribution is 2.39. The predicted octanol–water partition coefficient (Wildman–Crippen LogP) is 9.58. The summed E-state index contributed by atoms with van der Waals surface area (Å²) in [5.74, 6) is -0.301. The molecule has 0 aliphatic carbocycles. The smallest absolute Gasteiger partial charge is 0.269 e. The van der Waals surface area contributed by atoms with E-state index in [0.717, 1.165) is 44.3 Å². The maximum atomic E-state index is 13.6. The van der Waals surface area contributed by atoms with Gasteiger partial charge in [0.2, 0.25) is 5.91 Å². The van der Waals surface area contributed by atoms with Crippen LogP contribution in [0.1, 0.15) is 29.7 Å². The average molecular weight is 641 g/mol. The minimum Gasteiger partial charge on any atom is -0.355 e. The van der Waals surface area contributed by atoms with Crippen LogP contribution in [-0.4, -0.2) is 30.8 Å². The number of carbonyl (C=O) groups excluding carboxylic acids is 1. The zero-order valence-corrected chi connectivity index (χ0v) is 26.3. The number of aromatic amines is 2. The molecule has 0 saturated carbocycles. The van der Waals surface area contributed by atoms with E-state index in [2.05, 4.69) is 16.0 Å². The van der Waals surface area contributed by atoms with E-state index in [1.165, 1.54) is 24.0 Å². The number of hydrogen-bond acceptors (Lipinski definition) is 5. The first-order chi connectivity index (χ1) is 23.9. The summed E-state index contributed by atoms with van der Waals surface area (Å²) in [6.45, 7) is 1.46. The molecule has 5 heterocycles. The highest BCUT2D eigenvalue weighted by atomic mass is 16.6. The van der Waals surface area contributed by atoms with Gasteiger partial charge in [-0.3, -0.25) is 19.8 Å². The van der Waals surface area contributed by atoms with Gasteiger partial charge in [-0.1, -0.05) is 60.7 Å². The lowest BCUT2D eigenvalue weighted by atomic mass is 10.0. The Morgan fingerprint density at radius 3 is 1.55 bits per heavy atom. The van der Waals surface area contributed by atoms with Crippen LogP contribution in [0.3, 0.4) is 0 Å². The third-order valence-electron chi connectivity index (χ3n) is 8.53. The minimum absolute atomic E-state index is 0.0743. The third-order valence-corrected chi connectivity index (χ3v) is 8.53. The van der Waals surface area contributed by atoms with Crippen LogP contribution in [0.5, 0.6) is 0 Å². The van der Waals surface area contributed by atoms with Crippen molar-refractivity contribution in [3.63, 3.8) is 0 Å². The quantitative estimate of drug-likeness (QED) is 0.143. The van der Waals surface area contributed by atoms with E-state index >= 15 is 0 Å². The van der Waals surface area contributed by atoms with Crippen LogP contribution in [0.2, 0.25) is 0 Å². The number of nitro benzene ring substituents is 1. The number of nitrogens with one attached hydrogen (secondary N) is 2. The topological polar surface area (TPSA) is 121 Å². The van der Waals surface area contributed by atoms with Crippen molar-refractivity contribution in [3.8, 4) is 22.3 Å². The fourth-order valence-corrected chi connectivity index (χ4v) is 6.36. The molecule has 0 unspecified atom stereocenters. The maximum Gasteiger partial charge on any atom is 0.269 e. The molecular weight excluding hydrogens is 612 g/mol. The van der Waals surface area contributed by atoms with Gasteiger partial charge in [0.25, 0.3) is 5.69 Å². The average Bonchev–Trinajstić information content (AvgIpc) is 3.95. The number of nitro groups is 1. The molecule has 0 spiro atoms. The molecule has 3 aromatic carbocycles. The Morgan fingerprint density at radius 2 is 1.10 bits per heavy atom. The van der Waals surface area contributed by atoms with Crippen molar-refractivity contribution in [2.24, 2.45) is 0 Å². The lowest BCUT2D eigenvalue weighted by molar-refractivity contribution is -0.384. The van der Waals surface area contributed by atoms with Crippen molar-refractivity contribution < 1.29 is 9.72 Å². The van der Waals surface area contributed by atoms with Crippen LogP contribution >= 0.6 is 0 Å². The lowest BCUT2D eigenvalue weighted by Crippen LogP contribution is -2.24. The zero-order valence-electron chi connectivity index (χ0n) is 26.3. The second-order valence-corrected chi connectivity index (χ2v) is 11.7. The van der Waals surface area contributed by atoms with Gasteiger partial charge in [-0.15, -0.1) is 0 Å². The Hall–Kier alpha value is -6.87. The van der Waals surface area contributed by atoms with E-state index in [-0.39, 0.29) is 11.6 Å². The highest BCUT2D eigenvalue weighted by molar-refractivity contribution is 6.05. The summed E-state index contributed by atoms with van der Waals surface area (Å²) in [4.78, 5) is 43.6. The monoisotopic (exact) mass is 640 g/mol. The van der Waals surface area contributed by atoms with E-state index in [1.54, 1.807) is 12.1 Å². The van der Waals surface area contributed by atoms with E-state index < -0.39 is 4.92 Å². The zero-order chi connectivity index (χ0) is 33.5. The Labute approximate surface area is 280 Å². The summed E-state index contributed by atoms with van der Waals surface area (Å²) < 4.78 is 0. The molecule has 49 heavy (non-hydrogen) atoms. The predicted molar refractivity (Wildman–Crippen MR) is 196 cm³/mol. The molecule has 6 aromatic rings. The summed E-state index contributed by atoms with van der Waals surface area (Å²) in [7, 11) is 0. The molecule has 236 valence electrons. The van der Waals surface area contributed by atoms with Gasteiger partial charge >= 0.3 is 0 Å². The number of nitrogens with zero attached hydrogens (tertiary/aromatic N) is 4. The summed E-state index contributed by atoms with van der Waals surface area (Å²) >= 11 is 0. The molecule has 8 bridgehead atoms. The van der Waals surface area contributed by atoms with Gasteiger partial charge in [-0.05, 0) is 77.9 Å². The Balaban J connectivity index is 1.52. The van der Waals surface area contributed by atoms with Crippen molar-refractivity contribution in [1.29, 1.82) is 0 Å². The number of carbonyl (C=O) groups is 1.